The number of aryl methyl sites for hydroxylation is 1. The van der Waals surface area contributed by atoms with Crippen LogP contribution in [-0.2, 0) is 26.2 Å². The Balaban J connectivity index is 1.74. The summed E-state index contributed by atoms with van der Waals surface area (Å²) >= 11 is 0. The van der Waals surface area contributed by atoms with E-state index in [0.29, 0.717) is 38.5 Å². The molecule has 1 fully saturated rings. The second-order valence-corrected chi connectivity index (χ2v) is 8.75. The first-order valence-electron chi connectivity index (χ1n) is 9.79. The Morgan fingerprint density at radius 3 is 2.30 bits per heavy atom. The molecule has 1 amide bonds. The van der Waals surface area contributed by atoms with Crippen molar-refractivity contribution in [1.29, 1.82) is 0 Å². The number of hydrogen-bond donors (Lipinski definition) is 2. The van der Waals surface area contributed by atoms with Crippen LogP contribution in [0.5, 0.6) is 0 Å². The lowest BCUT2D eigenvalue weighted by Gasteiger charge is -2.35. The quantitative estimate of drug-likeness (QED) is 0.749. The van der Waals surface area contributed by atoms with E-state index >= 15 is 0 Å². The average molecular weight is 376 g/mol. The number of hydrogen-bond acceptors (Lipinski definition) is 4. The van der Waals surface area contributed by atoms with E-state index in [4.69, 9.17) is 4.74 Å². The lowest BCUT2D eigenvalue weighted by Crippen LogP contribution is -2.46. The van der Waals surface area contributed by atoms with Crippen molar-refractivity contribution in [2.45, 2.75) is 70.3 Å². The summed E-state index contributed by atoms with van der Waals surface area (Å²) < 4.78 is 4.77. The van der Waals surface area contributed by atoms with Gasteiger partial charge >= 0.3 is 5.97 Å². The molecule has 1 aliphatic carbocycles. The van der Waals surface area contributed by atoms with Crippen molar-refractivity contribution in [2.75, 3.05) is 13.7 Å². The molecule has 1 saturated carbocycles. The molecule has 0 unspecified atom stereocenters. The zero-order valence-corrected chi connectivity index (χ0v) is 17.0. The van der Waals surface area contributed by atoms with Crippen LogP contribution in [0.2, 0.25) is 0 Å². The Bertz CT molecular complexity index is 637. The molecule has 0 atom stereocenters. The molecule has 0 saturated heterocycles. The average Bonchev–Trinajstić information content (AvgIpc) is 2.64. The van der Waals surface area contributed by atoms with Crippen LogP contribution in [0.25, 0.3) is 0 Å². The van der Waals surface area contributed by atoms with Gasteiger partial charge in [-0.05, 0) is 48.6 Å². The van der Waals surface area contributed by atoms with Crippen molar-refractivity contribution in [3.8, 4) is 0 Å². The van der Waals surface area contributed by atoms with Gasteiger partial charge in [0.05, 0.1) is 18.6 Å². The van der Waals surface area contributed by atoms with Crippen molar-refractivity contribution in [1.82, 2.24) is 5.32 Å². The van der Waals surface area contributed by atoms with Crippen LogP contribution >= 0.6 is 0 Å². The van der Waals surface area contributed by atoms with E-state index in [-0.39, 0.29) is 29.8 Å². The zero-order valence-electron chi connectivity index (χ0n) is 17.0. The van der Waals surface area contributed by atoms with E-state index in [9.17, 15) is 14.7 Å². The number of aliphatic hydroxyl groups is 1. The largest absolute Gasteiger partial charge is 0.469 e. The van der Waals surface area contributed by atoms with Crippen LogP contribution in [0.1, 0.15) is 64.0 Å². The van der Waals surface area contributed by atoms with E-state index in [1.807, 2.05) is 0 Å². The number of rotatable bonds is 6. The Labute approximate surface area is 162 Å². The Morgan fingerprint density at radius 2 is 1.78 bits per heavy atom. The third kappa shape index (κ3) is 6.35. The number of amides is 1. The number of ether oxygens (including phenoxy) is 1. The molecule has 1 aromatic carbocycles. The number of nitrogens with one attached hydrogen (secondary N) is 1. The van der Waals surface area contributed by atoms with Crippen LogP contribution in [0, 0.1) is 5.92 Å². The first kappa shape index (κ1) is 21.4. The van der Waals surface area contributed by atoms with Crippen molar-refractivity contribution in [3.63, 3.8) is 0 Å². The van der Waals surface area contributed by atoms with E-state index in [1.54, 1.807) is 0 Å². The topological polar surface area (TPSA) is 75.6 Å². The van der Waals surface area contributed by atoms with Gasteiger partial charge in [0.15, 0.2) is 0 Å². The molecule has 2 rings (SSSR count). The van der Waals surface area contributed by atoms with Gasteiger partial charge in [-0.15, -0.1) is 0 Å². The highest BCUT2D eigenvalue weighted by molar-refractivity contribution is 5.76. The molecule has 5 nitrogen and oxygen atoms in total. The molecule has 0 radical (unpaired) electrons. The summed E-state index contributed by atoms with van der Waals surface area (Å²) in [6, 6.07) is 8.40. The third-order valence-electron chi connectivity index (χ3n) is 5.53. The molecular formula is C22H33NO4. The highest BCUT2D eigenvalue weighted by Crippen LogP contribution is 2.32. The van der Waals surface area contributed by atoms with Crippen LogP contribution in [-0.4, -0.2) is 36.2 Å². The summed E-state index contributed by atoms with van der Waals surface area (Å²) in [4.78, 5) is 23.7. The molecule has 2 N–H and O–H groups in total. The lowest BCUT2D eigenvalue weighted by atomic mass is 9.79. The normalized spacial score (nSPS) is 22.9. The standard InChI is InChI=1S/C22H33NO4/c1-21(2,3)18-8-5-16(6-9-18)7-10-19(24)23-15-22(26)13-11-17(12-14-22)20(25)27-4/h5-6,8-9,17,26H,7,10-15H2,1-4H3,(H,23,24). The van der Waals surface area contributed by atoms with Crippen LogP contribution < -0.4 is 5.32 Å². The monoisotopic (exact) mass is 375 g/mol. The molecule has 1 aromatic rings. The van der Waals surface area contributed by atoms with Crippen molar-refractivity contribution in [3.05, 3.63) is 35.4 Å². The summed E-state index contributed by atoms with van der Waals surface area (Å²) in [6.45, 7) is 6.78. The van der Waals surface area contributed by atoms with Crippen molar-refractivity contribution >= 4 is 11.9 Å². The van der Waals surface area contributed by atoms with Gasteiger partial charge in [-0.2, -0.15) is 0 Å². The minimum Gasteiger partial charge on any atom is -0.469 e. The number of carbonyl (C=O) groups is 2. The Morgan fingerprint density at radius 1 is 1.19 bits per heavy atom. The fraction of sp³-hybridized carbons (Fsp3) is 0.636. The maximum absolute atomic E-state index is 12.1. The predicted molar refractivity (Wildman–Crippen MR) is 105 cm³/mol. The fourth-order valence-corrected chi connectivity index (χ4v) is 3.52. The Hall–Kier alpha value is -1.88. The first-order chi connectivity index (χ1) is 12.6. The van der Waals surface area contributed by atoms with Gasteiger partial charge in [-0.3, -0.25) is 9.59 Å². The molecule has 0 aromatic heterocycles. The van der Waals surface area contributed by atoms with E-state index in [2.05, 4.69) is 50.4 Å². The van der Waals surface area contributed by atoms with Gasteiger partial charge < -0.3 is 15.2 Å². The molecular weight excluding hydrogens is 342 g/mol. The lowest BCUT2D eigenvalue weighted by molar-refractivity contribution is -0.148. The summed E-state index contributed by atoms with van der Waals surface area (Å²) in [5, 5.41) is 13.5. The summed E-state index contributed by atoms with van der Waals surface area (Å²) in [5.74, 6) is -0.404. The van der Waals surface area contributed by atoms with E-state index < -0.39 is 5.60 Å². The maximum Gasteiger partial charge on any atom is 0.308 e. The number of benzene rings is 1. The highest BCUT2D eigenvalue weighted by atomic mass is 16.5. The number of methoxy groups -OCH3 is 1. The van der Waals surface area contributed by atoms with Gasteiger partial charge in [-0.25, -0.2) is 0 Å². The zero-order chi connectivity index (χ0) is 20.1. The molecule has 0 bridgehead atoms. The van der Waals surface area contributed by atoms with Gasteiger partial charge in [-0.1, -0.05) is 45.0 Å². The molecule has 27 heavy (non-hydrogen) atoms. The van der Waals surface area contributed by atoms with E-state index in [1.165, 1.54) is 12.7 Å². The summed E-state index contributed by atoms with van der Waals surface area (Å²) in [6.07, 6.45) is 3.27. The van der Waals surface area contributed by atoms with Gasteiger partial charge in [0.25, 0.3) is 0 Å². The fourth-order valence-electron chi connectivity index (χ4n) is 3.52. The molecule has 0 spiro atoms. The second kappa shape index (κ2) is 8.87. The number of carbonyl (C=O) groups excluding carboxylic acids is 2. The highest BCUT2D eigenvalue weighted by Gasteiger charge is 2.36. The Kier molecular flexibility index (Phi) is 7.04. The third-order valence-corrected chi connectivity index (χ3v) is 5.53. The first-order valence-corrected chi connectivity index (χ1v) is 9.79. The number of esters is 1. The summed E-state index contributed by atoms with van der Waals surface area (Å²) in [7, 11) is 1.39. The molecule has 150 valence electrons. The minimum atomic E-state index is -0.922. The van der Waals surface area contributed by atoms with Gasteiger partial charge in [0.1, 0.15) is 0 Å². The molecule has 1 aliphatic rings. The van der Waals surface area contributed by atoms with Crippen LogP contribution in [0.3, 0.4) is 0 Å². The van der Waals surface area contributed by atoms with Crippen LogP contribution in [0.15, 0.2) is 24.3 Å². The molecule has 0 aliphatic heterocycles. The van der Waals surface area contributed by atoms with Gasteiger partial charge in [0, 0.05) is 13.0 Å². The predicted octanol–water partition coefficient (Wildman–Crippen LogP) is 3.13. The smallest absolute Gasteiger partial charge is 0.308 e. The molecule has 0 heterocycles. The van der Waals surface area contributed by atoms with Crippen LogP contribution in [0.4, 0.5) is 0 Å². The van der Waals surface area contributed by atoms with Gasteiger partial charge in [0.2, 0.25) is 5.91 Å². The van der Waals surface area contributed by atoms with E-state index in [0.717, 1.165) is 5.56 Å². The SMILES string of the molecule is COC(=O)C1CCC(O)(CNC(=O)CCc2ccc(C(C)(C)C)cc2)CC1. The maximum atomic E-state index is 12.1. The van der Waals surface area contributed by atoms with Crippen molar-refractivity contribution in [2.24, 2.45) is 5.92 Å². The molecule has 5 heteroatoms. The van der Waals surface area contributed by atoms with Crippen molar-refractivity contribution < 1.29 is 19.4 Å². The summed E-state index contributed by atoms with van der Waals surface area (Å²) in [5.41, 5.74) is 1.61. The minimum absolute atomic E-state index is 0.0570. The second-order valence-electron chi connectivity index (χ2n) is 8.75.